The van der Waals surface area contributed by atoms with Crippen molar-refractivity contribution in [3.8, 4) is 0 Å². The first kappa shape index (κ1) is 13.5. The first-order chi connectivity index (χ1) is 10.1. The lowest BCUT2D eigenvalue weighted by Crippen LogP contribution is -2.29. The van der Waals surface area contributed by atoms with Gasteiger partial charge in [-0.1, -0.05) is 54.6 Å². The molecule has 0 saturated heterocycles. The van der Waals surface area contributed by atoms with E-state index in [2.05, 4.69) is 4.98 Å². The predicted molar refractivity (Wildman–Crippen MR) is 85.5 cm³/mol. The van der Waals surface area contributed by atoms with Crippen molar-refractivity contribution in [1.82, 2.24) is 4.98 Å². The quantitative estimate of drug-likeness (QED) is 0.663. The number of aromatic nitrogens is 1. The van der Waals surface area contributed by atoms with E-state index in [-0.39, 0.29) is 5.78 Å². The number of carbonyl (C=O) groups excluding carboxylic acids is 1. The number of nitrogens with zero attached hydrogens (tertiary/aromatic N) is 1. The molecule has 1 heterocycles. The van der Waals surface area contributed by atoms with E-state index in [0.717, 1.165) is 16.3 Å². The first-order valence-electron chi connectivity index (χ1n) is 7.04. The number of hydrogen-bond donors (Lipinski definition) is 0. The SMILES string of the molecule is CC(C)(C(=O)c1cncc2ccccc12)c1ccccc1. The standard InChI is InChI=1S/C19H17NO/c1-19(2,15-9-4-3-5-10-15)18(21)17-13-20-12-14-8-6-7-11-16(14)17/h3-13H,1-2H3. The van der Waals surface area contributed by atoms with Crippen molar-refractivity contribution >= 4 is 16.6 Å². The van der Waals surface area contributed by atoms with Crippen molar-refractivity contribution in [2.45, 2.75) is 19.3 Å². The maximum Gasteiger partial charge on any atom is 0.174 e. The largest absolute Gasteiger partial charge is 0.293 e. The molecule has 2 heteroatoms. The zero-order chi connectivity index (χ0) is 14.9. The van der Waals surface area contributed by atoms with Gasteiger partial charge in [-0.05, 0) is 24.8 Å². The van der Waals surface area contributed by atoms with Gasteiger partial charge in [0, 0.05) is 23.3 Å². The van der Waals surface area contributed by atoms with Crippen LogP contribution in [0.5, 0.6) is 0 Å². The Hall–Kier alpha value is -2.48. The third kappa shape index (κ3) is 2.33. The van der Waals surface area contributed by atoms with Crippen LogP contribution in [-0.4, -0.2) is 10.8 Å². The van der Waals surface area contributed by atoms with Gasteiger partial charge < -0.3 is 0 Å². The van der Waals surface area contributed by atoms with E-state index in [1.54, 1.807) is 12.4 Å². The third-order valence-electron chi connectivity index (χ3n) is 3.98. The Morgan fingerprint density at radius 2 is 1.57 bits per heavy atom. The average molecular weight is 275 g/mol. The van der Waals surface area contributed by atoms with E-state index < -0.39 is 5.41 Å². The topological polar surface area (TPSA) is 30.0 Å². The summed E-state index contributed by atoms with van der Waals surface area (Å²) in [5, 5.41) is 1.95. The molecule has 0 aliphatic rings. The highest BCUT2D eigenvalue weighted by Crippen LogP contribution is 2.30. The van der Waals surface area contributed by atoms with E-state index in [0.29, 0.717) is 5.56 Å². The molecule has 2 aromatic carbocycles. The minimum absolute atomic E-state index is 0.0954. The summed E-state index contributed by atoms with van der Waals surface area (Å²) in [6, 6.07) is 17.8. The summed E-state index contributed by atoms with van der Waals surface area (Å²) in [6.07, 6.45) is 3.47. The van der Waals surface area contributed by atoms with Crippen LogP contribution in [0.1, 0.15) is 29.8 Å². The summed E-state index contributed by atoms with van der Waals surface area (Å²) < 4.78 is 0. The normalized spacial score (nSPS) is 11.5. The molecule has 0 atom stereocenters. The van der Waals surface area contributed by atoms with Crippen LogP contribution in [0.4, 0.5) is 0 Å². The molecule has 0 unspecified atom stereocenters. The Kier molecular flexibility index (Phi) is 3.30. The van der Waals surface area contributed by atoms with Crippen LogP contribution in [-0.2, 0) is 5.41 Å². The zero-order valence-corrected chi connectivity index (χ0v) is 12.2. The van der Waals surface area contributed by atoms with Gasteiger partial charge in [0.1, 0.15) is 0 Å². The molecule has 0 N–H and O–H groups in total. The minimum Gasteiger partial charge on any atom is -0.293 e. The van der Waals surface area contributed by atoms with Gasteiger partial charge in [-0.2, -0.15) is 0 Å². The first-order valence-corrected chi connectivity index (χ1v) is 7.04. The van der Waals surface area contributed by atoms with Crippen LogP contribution < -0.4 is 0 Å². The number of hydrogen-bond acceptors (Lipinski definition) is 2. The molecule has 0 spiro atoms. The van der Waals surface area contributed by atoms with Gasteiger partial charge >= 0.3 is 0 Å². The van der Waals surface area contributed by atoms with Gasteiger partial charge in [-0.15, -0.1) is 0 Å². The van der Waals surface area contributed by atoms with Gasteiger partial charge in [-0.25, -0.2) is 0 Å². The van der Waals surface area contributed by atoms with Crippen molar-refractivity contribution < 1.29 is 4.79 Å². The third-order valence-corrected chi connectivity index (χ3v) is 3.98. The Morgan fingerprint density at radius 3 is 2.33 bits per heavy atom. The maximum atomic E-state index is 13.0. The van der Waals surface area contributed by atoms with Gasteiger partial charge in [0.05, 0.1) is 5.41 Å². The molecule has 0 amide bonds. The van der Waals surface area contributed by atoms with Gasteiger partial charge in [0.25, 0.3) is 0 Å². The van der Waals surface area contributed by atoms with Crippen LogP contribution in [0, 0.1) is 0 Å². The van der Waals surface area contributed by atoms with Crippen molar-refractivity contribution in [1.29, 1.82) is 0 Å². The van der Waals surface area contributed by atoms with Crippen molar-refractivity contribution in [3.63, 3.8) is 0 Å². The van der Waals surface area contributed by atoms with E-state index >= 15 is 0 Å². The second-order valence-corrected chi connectivity index (χ2v) is 5.73. The highest BCUT2D eigenvalue weighted by Gasteiger charge is 2.31. The van der Waals surface area contributed by atoms with Crippen molar-refractivity contribution in [2.24, 2.45) is 0 Å². The van der Waals surface area contributed by atoms with Crippen LogP contribution in [0.2, 0.25) is 0 Å². The zero-order valence-electron chi connectivity index (χ0n) is 12.2. The summed E-state index contributed by atoms with van der Waals surface area (Å²) in [5.41, 5.74) is 1.12. The molecule has 2 nitrogen and oxygen atoms in total. The van der Waals surface area contributed by atoms with Gasteiger partial charge in [-0.3, -0.25) is 9.78 Å². The van der Waals surface area contributed by atoms with Crippen molar-refractivity contribution in [2.75, 3.05) is 0 Å². The summed E-state index contributed by atoms with van der Waals surface area (Å²) in [6.45, 7) is 3.93. The highest BCUT2D eigenvalue weighted by atomic mass is 16.1. The van der Waals surface area contributed by atoms with E-state index in [1.807, 2.05) is 68.4 Å². The minimum atomic E-state index is -0.576. The summed E-state index contributed by atoms with van der Waals surface area (Å²) in [5.74, 6) is 0.0954. The molecule has 3 rings (SSSR count). The summed E-state index contributed by atoms with van der Waals surface area (Å²) in [7, 11) is 0. The lowest BCUT2D eigenvalue weighted by atomic mass is 9.77. The summed E-state index contributed by atoms with van der Waals surface area (Å²) >= 11 is 0. The number of Topliss-reactive ketones (excluding diaryl/α,β-unsaturated/α-hetero) is 1. The fourth-order valence-electron chi connectivity index (χ4n) is 2.62. The smallest absolute Gasteiger partial charge is 0.174 e. The van der Waals surface area contributed by atoms with Crippen LogP contribution in [0.3, 0.4) is 0 Å². The number of carbonyl (C=O) groups is 1. The van der Waals surface area contributed by atoms with E-state index in [4.69, 9.17) is 0 Å². The molecule has 104 valence electrons. The predicted octanol–water partition coefficient (Wildman–Crippen LogP) is 4.40. The molecule has 0 aliphatic heterocycles. The Labute approximate surface area is 124 Å². The number of ketones is 1. The van der Waals surface area contributed by atoms with Crippen LogP contribution in [0.15, 0.2) is 67.0 Å². The lowest BCUT2D eigenvalue weighted by molar-refractivity contribution is 0.0910. The molecular formula is C19H17NO. The molecule has 0 saturated carbocycles. The van der Waals surface area contributed by atoms with Crippen molar-refractivity contribution in [3.05, 3.63) is 78.1 Å². The Bertz CT molecular complexity index is 786. The second-order valence-electron chi connectivity index (χ2n) is 5.73. The second kappa shape index (κ2) is 5.13. The highest BCUT2D eigenvalue weighted by molar-refractivity contribution is 6.12. The molecule has 21 heavy (non-hydrogen) atoms. The lowest BCUT2D eigenvalue weighted by Gasteiger charge is -2.24. The molecule has 3 aromatic rings. The fourth-order valence-corrected chi connectivity index (χ4v) is 2.62. The molecule has 1 aromatic heterocycles. The maximum absolute atomic E-state index is 13.0. The van der Waals surface area contributed by atoms with Gasteiger partial charge in [0.2, 0.25) is 0 Å². The Balaban J connectivity index is 2.13. The molecule has 0 fully saturated rings. The number of benzene rings is 2. The molecule has 0 radical (unpaired) electrons. The average Bonchev–Trinajstić information content (AvgIpc) is 2.54. The van der Waals surface area contributed by atoms with Crippen LogP contribution in [0.25, 0.3) is 10.8 Å². The number of fused-ring (bicyclic) bond motifs is 1. The fraction of sp³-hybridized carbons (Fsp3) is 0.158. The Morgan fingerprint density at radius 1 is 0.905 bits per heavy atom. The van der Waals surface area contributed by atoms with E-state index in [9.17, 15) is 4.79 Å². The van der Waals surface area contributed by atoms with E-state index in [1.165, 1.54) is 0 Å². The van der Waals surface area contributed by atoms with Gasteiger partial charge in [0.15, 0.2) is 5.78 Å². The number of rotatable bonds is 3. The molecule has 0 bridgehead atoms. The molecule has 0 aliphatic carbocycles. The monoisotopic (exact) mass is 275 g/mol. The molecular weight excluding hydrogens is 258 g/mol. The summed E-state index contributed by atoms with van der Waals surface area (Å²) in [4.78, 5) is 17.3. The number of pyridine rings is 1. The van der Waals surface area contributed by atoms with Crippen LogP contribution >= 0.6 is 0 Å².